The van der Waals surface area contributed by atoms with Gasteiger partial charge in [-0.05, 0) is 18.9 Å². The van der Waals surface area contributed by atoms with Crippen LogP contribution in [0.3, 0.4) is 0 Å². The molecule has 86 valence electrons. The van der Waals surface area contributed by atoms with Gasteiger partial charge in [0.05, 0.1) is 6.04 Å². The number of hydrogen-bond acceptors (Lipinski definition) is 3. The minimum absolute atomic E-state index is 0.147. The Balaban J connectivity index is 2.32. The van der Waals surface area contributed by atoms with Crippen LogP contribution < -0.4 is 5.32 Å². The van der Waals surface area contributed by atoms with Crippen molar-refractivity contribution in [1.82, 2.24) is 9.88 Å². The average Bonchev–Trinajstić information content (AvgIpc) is 2.77. The lowest BCUT2D eigenvalue weighted by atomic mass is 10.1. The summed E-state index contributed by atoms with van der Waals surface area (Å²) in [5.41, 5.74) is 1.12. The minimum Gasteiger partial charge on any atom is -0.373 e. The summed E-state index contributed by atoms with van der Waals surface area (Å²) >= 11 is 0. The van der Waals surface area contributed by atoms with Crippen LogP contribution in [0.25, 0.3) is 0 Å². The lowest BCUT2D eigenvalue weighted by molar-refractivity contribution is -0.129. The first-order valence-corrected chi connectivity index (χ1v) is 5.64. The number of nitrogens with zero attached hydrogens (tertiary/aromatic N) is 2. The van der Waals surface area contributed by atoms with Crippen LogP contribution in [0.1, 0.15) is 31.4 Å². The zero-order chi connectivity index (χ0) is 11.5. The fraction of sp³-hybridized carbons (Fsp3) is 0.500. The number of hydrogen-bond donors (Lipinski definition) is 1. The summed E-state index contributed by atoms with van der Waals surface area (Å²) in [6.07, 6.45) is 3.87. The molecule has 0 radical (unpaired) electrons. The molecule has 0 aromatic carbocycles. The molecule has 2 heterocycles. The molecule has 1 atom stereocenters. The predicted octanol–water partition coefficient (Wildman–Crippen LogP) is 1.81. The van der Waals surface area contributed by atoms with Gasteiger partial charge in [-0.15, -0.1) is 0 Å². The van der Waals surface area contributed by atoms with E-state index in [1.165, 1.54) is 0 Å². The summed E-state index contributed by atoms with van der Waals surface area (Å²) in [5, 5.41) is 3.08. The molecule has 2 rings (SSSR count). The maximum atomic E-state index is 11.5. The van der Waals surface area contributed by atoms with Gasteiger partial charge in [-0.3, -0.25) is 4.79 Å². The highest BCUT2D eigenvalue weighted by molar-refractivity contribution is 5.74. The van der Waals surface area contributed by atoms with Crippen LogP contribution in [-0.4, -0.2) is 29.4 Å². The Bertz CT molecular complexity index is 392. The van der Waals surface area contributed by atoms with Gasteiger partial charge in [0.1, 0.15) is 5.82 Å². The standard InChI is InChI=1S/C12H17N3O/c1-9(16)15-8-4-6-11(15)10-5-3-7-14-12(10)13-2/h3,5,7,11H,4,6,8H2,1-2H3,(H,13,14)/t11-/m1/s1. The number of carbonyl (C=O) groups is 1. The Morgan fingerprint density at radius 3 is 3.12 bits per heavy atom. The maximum Gasteiger partial charge on any atom is 0.219 e. The molecule has 1 aromatic rings. The smallest absolute Gasteiger partial charge is 0.219 e. The van der Waals surface area contributed by atoms with Crippen molar-refractivity contribution in [3.05, 3.63) is 23.9 Å². The van der Waals surface area contributed by atoms with E-state index in [9.17, 15) is 4.79 Å². The molecule has 1 aliphatic heterocycles. The lowest BCUT2D eigenvalue weighted by Crippen LogP contribution is -2.28. The molecule has 4 heteroatoms. The van der Waals surface area contributed by atoms with Crippen LogP contribution in [0.5, 0.6) is 0 Å². The summed E-state index contributed by atoms with van der Waals surface area (Å²) < 4.78 is 0. The Kier molecular flexibility index (Phi) is 3.08. The van der Waals surface area contributed by atoms with E-state index in [4.69, 9.17) is 0 Å². The van der Waals surface area contributed by atoms with Gasteiger partial charge in [0.2, 0.25) is 5.91 Å². The number of nitrogens with one attached hydrogen (secondary N) is 1. The molecule has 1 fully saturated rings. The fourth-order valence-electron chi connectivity index (χ4n) is 2.36. The molecule has 0 bridgehead atoms. The Labute approximate surface area is 95.7 Å². The van der Waals surface area contributed by atoms with Gasteiger partial charge in [-0.25, -0.2) is 4.98 Å². The van der Waals surface area contributed by atoms with Crippen LogP contribution in [0, 0.1) is 0 Å². The van der Waals surface area contributed by atoms with Crippen molar-refractivity contribution in [2.24, 2.45) is 0 Å². The first-order chi connectivity index (χ1) is 7.74. The Hall–Kier alpha value is -1.58. The molecule has 0 spiro atoms. The number of rotatable bonds is 2. The van der Waals surface area contributed by atoms with E-state index in [2.05, 4.69) is 10.3 Å². The summed E-state index contributed by atoms with van der Waals surface area (Å²) in [6.45, 7) is 2.49. The fourth-order valence-corrected chi connectivity index (χ4v) is 2.36. The third-order valence-corrected chi connectivity index (χ3v) is 3.09. The number of likely N-dealkylation sites (tertiary alicyclic amines) is 1. The second-order valence-corrected chi connectivity index (χ2v) is 4.06. The van der Waals surface area contributed by atoms with E-state index in [1.807, 2.05) is 24.1 Å². The highest BCUT2D eigenvalue weighted by atomic mass is 16.2. The largest absolute Gasteiger partial charge is 0.373 e. The second kappa shape index (κ2) is 4.51. The number of anilines is 1. The zero-order valence-electron chi connectivity index (χ0n) is 9.73. The molecule has 0 unspecified atom stereocenters. The van der Waals surface area contributed by atoms with E-state index >= 15 is 0 Å². The van der Waals surface area contributed by atoms with Gasteiger partial charge in [0.25, 0.3) is 0 Å². The SMILES string of the molecule is CNc1ncccc1[C@H]1CCCN1C(C)=O. The van der Waals surface area contributed by atoms with Crippen LogP contribution in [0.2, 0.25) is 0 Å². The van der Waals surface area contributed by atoms with E-state index < -0.39 is 0 Å². The van der Waals surface area contributed by atoms with Crippen LogP contribution in [-0.2, 0) is 4.79 Å². The minimum atomic E-state index is 0.147. The third-order valence-electron chi connectivity index (χ3n) is 3.09. The topological polar surface area (TPSA) is 45.2 Å². The first-order valence-electron chi connectivity index (χ1n) is 5.64. The maximum absolute atomic E-state index is 11.5. The number of pyridine rings is 1. The van der Waals surface area contributed by atoms with Gasteiger partial charge < -0.3 is 10.2 Å². The average molecular weight is 219 g/mol. The van der Waals surface area contributed by atoms with Gasteiger partial charge in [0.15, 0.2) is 0 Å². The normalized spacial score (nSPS) is 19.9. The molecule has 1 aromatic heterocycles. The lowest BCUT2D eigenvalue weighted by Gasteiger charge is -2.24. The third kappa shape index (κ3) is 1.87. The molecule has 4 nitrogen and oxygen atoms in total. The van der Waals surface area contributed by atoms with E-state index in [0.29, 0.717) is 0 Å². The summed E-state index contributed by atoms with van der Waals surface area (Å²) in [5.74, 6) is 1.02. The molecule has 1 saturated heterocycles. The molecule has 1 N–H and O–H groups in total. The molecule has 16 heavy (non-hydrogen) atoms. The summed E-state index contributed by atoms with van der Waals surface area (Å²) in [6, 6.07) is 4.16. The molecule has 1 amide bonds. The molecule has 0 aliphatic carbocycles. The predicted molar refractivity (Wildman–Crippen MR) is 63.1 cm³/mol. The number of aromatic nitrogens is 1. The van der Waals surface area contributed by atoms with Gasteiger partial charge >= 0.3 is 0 Å². The van der Waals surface area contributed by atoms with Gasteiger partial charge in [-0.1, -0.05) is 6.07 Å². The van der Waals surface area contributed by atoms with Crippen LogP contribution in [0.15, 0.2) is 18.3 Å². The molecule has 0 saturated carbocycles. The van der Waals surface area contributed by atoms with Crippen LogP contribution in [0.4, 0.5) is 5.82 Å². The van der Waals surface area contributed by atoms with Crippen molar-refractivity contribution in [1.29, 1.82) is 0 Å². The van der Waals surface area contributed by atoms with Crippen molar-refractivity contribution in [3.63, 3.8) is 0 Å². The highest BCUT2D eigenvalue weighted by Gasteiger charge is 2.29. The van der Waals surface area contributed by atoms with Crippen molar-refractivity contribution < 1.29 is 4.79 Å². The number of carbonyl (C=O) groups excluding carboxylic acids is 1. The quantitative estimate of drug-likeness (QED) is 0.825. The van der Waals surface area contributed by atoms with E-state index in [0.717, 1.165) is 30.8 Å². The van der Waals surface area contributed by atoms with E-state index in [1.54, 1.807) is 13.1 Å². The highest BCUT2D eigenvalue weighted by Crippen LogP contribution is 2.34. The van der Waals surface area contributed by atoms with Crippen molar-refractivity contribution >= 4 is 11.7 Å². The van der Waals surface area contributed by atoms with Crippen LogP contribution >= 0.6 is 0 Å². The monoisotopic (exact) mass is 219 g/mol. The number of amides is 1. The summed E-state index contributed by atoms with van der Waals surface area (Å²) in [4.78, 5) is 17.7. The summed E-state index contributed by atoms with van der Waals surface area (Å²) in [7, 11) is 1.86. The molecular formula is C12H17N3O. The first kappa shape index (κ1) is 10.9. The zero-order valence-corrected chi connectivity index (χ0v) is 9.73. The van der Waals surface area contributed by atoms with Crippen molar-refractivity contribution in [3.8, 4) is 0 Å². The second-order valence-electron chi connectivity index (χ2n) is 4.06. The van der Waals surface area contributed by atoms with Gasteiger partial charge in [0, 0.05) is 32.3 Å². The Morgan fingerprint density at radius 2 is 2.44 bits per heavy atom. The van der Waals surface area contributed by atoms with Crippen molar-refractivity contribution in [2.75, 3.05) is 18.9 Å². The van der Waals surface area contributed by atoms with Crippen molar-refractivity contribution in [2.45, 2.75) is 25.8 Å². The van der Waals surface area contributed by atoms with Gasteiger partial charge in [-0.2, -0.15) is 0 Å². The Morgan fingerprint density at radius 1 is 1.62 bits per heavy atom. The van der Waals surface area contributed by atoms with E-state index in [-0.39, 0.29) is 11.9 Å². The molecular weight excluding hydrogens is 202 g/mol. The molecule has 1 aliphatic rings.